The fourth-order valence-corrected chi connectivity index (χ4v) is 1.96. The molecule has 1 unspecified atom stereocenters. The SMILES string of the molecule is CCCC(CC(=O)O)NC(=O)Nc1ccc(CC)cc1. The van der Waals surface area contributed by atoms with Crippen LogP contribution >= 0.6 is 0 Å². The Balaban J connectivity index is 2.53. The minimum atomic E-state index is -0.906. The molecule has 20 heavy (non-hydrogen) atoms. The molecule has 110 valence electrons. The van der Waals surface area contributed by atoms with Crippen molar-refractivity contribution in [2.24, 2.45) is 0 Å². The van der Waals surface area contributed by atoms with Crippen LogP contribution in [0.3, 0.4) is 0 Å². The molecular formula is C15H22N2O3. The number of urea groups is 1. The van der Waals surface area contributed by atoms with Gasteiger partial charge in [-0.25, -0.2) is 4.79 Å². The van der Waals surface area contributed by atoms with Crippen molar-refractivity contribution in [1.29, 1.82) is 0 Å². The summed E-state index contributed by atoms with van der Waals surface area (Å²) in [5.74, 6) is -0.906. The van der Waals surface area contributed by atoms with Gasteiger partial charge in [0.15, 0.2) is 0 Å². The molecule has 0 radical (unpaired) electrons. The van der Waals surface area contributed by atoms with Gasteiger partial charge < -0.3 is 15.7 Å². The molecule has 0 bridgehead atoms. The molecule has 0 heterocycles. The van der Waals surface area contributed by atoms with Gasteiger partial charge >= 0.3 is 12.0 Å². The second-order valence-corrected chi connectivity index (χ2v) is 4.73. The number of hydrogen-bond donors (Lipinski definition) is 3. The van der Waals surface area contributed by atoms with Gasteiger partial charge in [0.1, 0.15) is 0 Å². The Hall–Kier alpha value is -2.04. The van der Waals surface area contributed by atoms with E-state index in [9.17, 15) is 9.59 Å². The van der Waals surface area contributed by atoms with E-state index in [0.717, 1.165) is 12.8 Å². The van der Waals surface area contributed by atoms with Crippen molar-refractivity contribution in [3.63, 3.8) is 0 Å². The highest BCUT2D eigenvalue weighted by molar-refractivity contribution is 5.89. The van der Waals surface area contributed by atoms with Crippen molar-refractivity contribution in [1.82, 2.24) is 5.32 Å². The second-order valence-electron chi connectivity index (χ2n) is 4.73. The lowest BCUT2D eigenvalue weighted by molar-refractivity contribution is -0.137. The van der Waals surface area contributed by atoms with Gasteiger partial charge in [0.2, 0.25) is 0 Å². The number of nitrogens with one attached hydrogen (secondary N) is 2. The summed E-state index contributed by atoms with van der Waals surface area (Å²) >= 11 is 0. The van der Waals surface area contributed by atoms with Crippen molar-refractivity contribution < 1.29 is 14.7 Å². The van der Waals surface area contributed by atoms with Gasteiger partial charge in [0, 0.05) is 11.7 Å². The maximum Gasteiger partial charge on any atom is 0.319 e. The Kier molecular flexibility index (Phi) is 6.56. The predicted molar refractivity (Wildman–Crippen MR) is 78.9 cm³/mol. The highest BCUT2D eigenvalue weighted by Gasteiger charge is 2.15. The Morgan fingerprint density at radius 1 is 1.20 bits per heavy atom. The molecular weight excluding hydrogens is 256 g/mol. The quantitative estimate of drug-likeness (QED) is 0.717. The normalized spacial score (nSPS) is 11.7. The number of carbonyl (C=O) groups excluding carboxylic acids is 1. The average molecular weight is 278 g/mol. The minimum Gasteiger partial charge on any atom is -0.481 e. The van der Waals surface area contributed by atoms with E-state index in [0.29, 0.717) is 12.1 Å². The second kappa shape index (κ2) is 8.19. The summed E-state index contributed by atoms with van der Waals surface area (Å²) in [5, 5.41) is 14.2. The third-order valence-corrected chi connectivity index (χ3v) is 3.01. The van der Waals surface area contributed by atoms with Crippen molar-refractivity contribution in [2.45, 2.75) is 45.6 Å². The number of benzene rings is 1. The Bertz CT molecular complexity index is 443. The molecule has 1 aromatic carbocycles. The van der Waals surface area contributed by atoms with Gasteiger partial charge in [-0.05, 0) is 30.5 Å². The lowest BCUT2D eigenvalue weighted by atomic mass is 10.1. The molecule has 0 aliphatic rings. The van der Waals surface area contributed by atoms with Gasteiger partial charge in [-0.15, -0.1) is 0 Å². The number of aliphatic carboxylic acids is 1. The van der Waals surface area contributed by atoms with Crippen LogP contribution in [0.1, 0.15) is 38.7 Å². The minimum absolute atomic E-state index is 0.0595. The molecule has 1 atom stereocenters. The van der Waals surface area contributed by atoms with E-state index in [1.807, 2.05) is 31.2 Å². The van der Waals surface area contributed by atoms with Crippen LogP contribution in [-0.2, 0) is 11.2 Å². The van der Waals surface area contributed by atoms with Crippen LogP contribution in [-0.4, -0.2) is 23.1 Å². The number of aryl methyl sites for hydroxylation is 1. The molecule has 0 saturated heterocycles. The number of anilines is 1. The molecule has 0 aromatic heterocycles. The summed E-state index contributed by atoms with van der Waals surface area (Å²) in [6.07, 6.45) is 2.36. The molecule has 5 heteroatoms. The first-order valence-corrected chi connectivity index (χ1v) is 6.93. The van der Waals surface area contributed by atoms with Gasteiger partial charge in [-0.3, -0.25) is 4.79 Å². The summed E-state index contributed by atoms with van der Waals surface area (Å²) in [7, 11) is 0. The first kappa shape index (κ1) is 16.0. The van der Waals surface area contributed by atoms with E-state index in [1.54, 1.807) is 0 Å². The van der Waals surface area contributed by atoms with Crippen LogP contribution in [0, 0.1) is 0 Å². The van der Waals surface area contributed by atoms with E-state index in [4.69, 9.17) is 5.11 Å². The van der Waals surface area contributed by atoms with Crippen LogP contribution in [0.25, 0.3) is 0 Å². The highest BCUT2D eigenvalue weighted by atomic mass is 16.4. The molecule has 0 fully saturated rings. The Morgan fingerprint density at radius 3 is 2.35 bits per heavy atom. The fraction of sp³-hybridized carbons (Fsp3) is 0.467. The summed E-state index contributed by atoms with van der Waals surface area (Å²) in [6, 6.07) is 6.88. The smallest absolute Gasteiger partial charge is 0.319 e. The molecule has 0 aliphatic carbocycles. The molecule has 2 amide bonds. The van der Waals surface area contributed by atoms with E-state index >= 15 is 0 Å². The molecule has 0 aliphatic heterocycles. The first-order valence-electron chi connectivity index (χ1n) is 6.93. The molecule has 3 N–H and O–H groups in total. The predicted octanol–water partition coefficient (Wildman–Crippen LogP) is 3.01. The summed E-state index contributed by atoms with van der Waals surface area (Å²) in [6.45, 7) is 4.02. The molecule has 0 spiro atoms. The standard InChI is InChI=1S/C15H22N2O3/c1-3-5-13(10-14(18)19)17-15(20)16-12-8-6-11(4-2)7-9-12/h6-9,13H,3-5,10H2,1-2H3,(H,18,19)(H2,16,17,20). The van der Waals surface area contributed by atoms with Crippen LogP contribution in [0.4, 0.5) is 10.5 Å². The summed E-state index contributed by atoms with van der Waals surface area (Å²) < 4.78 is 0. The van der Waals surface area contributed by atoms with Crippen LogP contribution in [0.15, 0.2) is 24.3 Å². The number of carboxylic acid groups (broad SMARTS) is 1. The molecule has 5 nitrogen and oxygen atoms in total. The summed E-state index contributed by atoms with van der Waals surface area (Å²) in [4.78, 5) is 22.5. The van der Waals surface area contributed by atoms with E-state index < -0.39 is 5.97 Å². The lowest BCUT2D eigenvalue weighted by Gasteiger charge is -2.16. The number of hydrogen-bond acceptors (Lipinski definition) is 2. The van der Waals surface area contributed by atoms with Crippen LogP contribution in [0.5, 0.6) is 0 Å². The van der Waals surface area contributed by atoms with Gasteiger partial charge in [0.05, 0.1) is 6.42 Å². The zero-order chi connectivity index (χ0) is 15.0. The van der Waals surface area contributed by atoms with Crippen molar-refractivity contribution in [3.05, 3.63) is 29.8 Å². The number of carboxylic acids is 1. The maximum atomic E-state index is 11.8. The first-order chi connectivity index (χ1) is 9.55. The average Bonchev–Trinajstić information content (AvgIpc) is 2.39. The van der Waals surface area contributed by atoms with Crippen LogP contribution in [0.2, 0.25) is 0 Å². The summed E-state index contributed by atoms with van der Waals surface area (Å²) in [5.41, 5.74) is 1.90. The molecule has 1 rings (SSSR count). The number of rotatable bonds is 7. The molecule has 0 saturated carbocycles. The molecule has 1 aromatic rings. The van der Waals surface area contributed by atoms with Crippen molar-refractivity contribution in [2.75, 3.05) is 5.32 Å². The zero-order valence-corrected chi connectivity index (χ0v) is 12.0. The van der Waals surface area contributed by atoms with Gasteiger partial charge in [-0.2, -0.15) is 0 Å². The van der Waals surface area contributed by atoms with E-state index in [2.05, 4.69) is 17.6 Å². The van der Waals surface area contributed by atoms with E-state index in [-0.39, 0.29) is 18.5 Å². The number of carbonyl (C=O) groups is 2. The maximum absolute atomic E-state index is 11.8. The monoisotopic (exact) mass is 278 g/mol. The third-order valence-electron chi connectivity index (χ3n) is 3.01. The fourth-order valence-electron chi connectivity index (χ4n) is 1.96. The van der Waals surface area contributed by atoms with E-state index in [1.165, 1.54) is 5.56 Å². The Morgan fingerprint density at radius 2 is 1.85 bits per heavy atom. The van der Waals surface area contributed by atoms with Crippen molar-refractivity contribution >= 4 is 17.7 Å². The largest absolute Gasteiger partial charge is 0.481 e. The van der Waals surface area contributed by atoms with Crippen molar-refractivity contribution in [3.8, 4) is 0 Å². The van der Waals surface area contributed by atoms with Gasteiger partial charge in [-0.1, -0.05) is 32.4 Å². The third kappa shape index (κ3) is 5.73. The number of amides is 2. The lowest BCUT2D eigenvalue weighted by Crippen LogP contribution is -2.39. The van der Waals surface area contributed by atoms with Crippen LogP contribution < -0.4 is 10.6 Å². The van der Waals surface area contributed by atoms with Gasteiger partial charge in [0.25, 0.3) is 0 Å². The Labute approximate surface area is 119 Å². The topological polar surface area (TPSA) is 78.4 Å². The zero-order valence-electron chi connectivity index (χ0n) is 12.0. The highest BCUT2D eigenvalue weighted by Crippen LogP contribution is 2.10.